The molecular weight excluding hydrogens is 353 g/mol. The number of carbonyl (C=O) groups excluding carboxylic acids is 1. The molecule has 0 saturated heterocycles. The molecule has 3 aromatic rings. The van der Waals surface area contributed by atoms with E-state index in [-0.39, 0.29) is 18.3 Å². The Balaban J connectivity index is 1.51. The summed E-state index contributed by atoms with van der Waals surface area (Å²) in [6.07, 6.45) is 5.27. The maximum atomic E-state index is 13.8. The number of hydrogen-bond donors (Lipinski definition) is 1. The SMILES string of the molecule is O=C(CCCc1ccccc1)Nc1cnn(Cc2c(F)cccc2Cl)c1. The van der Waals surface area contributed by atoms with Crippen LogP contribution in [0, 0.1) is 5.82 Å². The van der Waals surface area contributed by atoms with Crippen LogP contribution in [0.3, 0.4) is 0 Å². The fourth-order valence-corrected chi connectivity index (χ4v) is 2.90. The second-order valence-electron chi connectivity index (χ2n) is 6.01. The highest BCUT2D eigenvalue weighted by atomic mass is 35.5. The number of carbonyl (C=O) groups is 1. The van der Waals surface area contributed by atoms with Gasteiger partial charge in [-0.05, 0) is 30.5 Å². The molecule has 26 heavy (non-hydrogen) atoms. The van der Waals surface area contributed by atoms with Gasteiger partial charge in [0.1, 0.15) is 5.82 Å². The number of benzene rings is 2. The van der Waals surface area contributed by atoms with Gasteiger partial charge in [-0.1, -0.05) is 48.0 Å². The molecule has 1 heterocycles. The Morgan fingerprint density at radius 3 is 2.73 bits per heavy atom. The fraction of sp³-hybridized carbons (Fsp3) is 0.200. The molecule has 6 heteroatoms. The maximum Gasteiger partial charge on any atom is 0.224 e. The lowest BCUT2D eigenvalue weighted by Crippen LogP contribution is -2.11. The molecule has 0 saturated carbocycles. The molecule has 3 rings (SSSR count). The van der Waals surface area contributed by atoms with Gasteiger partial charge in [0.15, 0.2) is 0 Å². The van der Waals surface area contributed by atoms with Crippen molar-refractivity contribution in [3.05, 3.63) is 82.9 Å². The van der Waals surface area contributed by atoms with E-state index >= 15 is 0 Å². The highest BCUT2D eigenvalue weighted by Crippen LogP contribution is 2.20. The van der Waals surface area contributed by atoms with Crippen LogP contribution in [0.1, 0.15) is 24.0 Å². The lowest BCUT2D eigenvalue weighted by Gasteiger charge is -2.06. The Morgan fingerprint density at radius 2 is 1.96 bits per heavy atom. The number of halogens is 2. The van der Waals surface area contributed by atoms with Gasteiger partial charge in [0.2, 0.25) is 5.91 Å². The highest BCUT2D eigenvalue weighted by molar-refractivity contribution is 6.31. The van der Waals surface area contributed by atoms with Crippen LogP contribution in [-0.4, -0.2) is 15.7 Å². The number of aromatic nitrogens is 2. The van der Waals surface area contributed by atoms with Crippen molar-refractivity contribution in [1.82, 2.24) is 9.78 Å². The summed E-state index contributed by atoms with van der Waals surface area (Å²) in [5.74, 6) is -0.441. The van der Waals surface area contributed by atoms with E-state index in [1.165, 1.54) is 11.6 Å². The van der Waals surface area contributed by atoms with Gasteiger partial charge in [-0.15, -0.1) is 0 Å². The van der Waals surface area contributed by atoms with Crippen molar-refractivity contribution in [2.24, 2.45) is 0 Å². The molecule has 1 N–H and O–H groups in total. The third-order valence-corrected chi connectivity index (χ3v) is 4.37. The van der Waals surface area contributed by atoms with Crippen molar-refractivity contribution < 1.29 is 9.18 Å². The summed E-state index contributed by atoms with van der Waals surface area (Å²) in [5.41, 5.74) is 2.18. The summed E-state index contributed by atoms with van der Waals surface area (Å²) >= 11 is 6.03. The Bertz CT molecular complexity index is 860. The Kier molecular flexibility index (Phi) is 6.02. The monoisotopic (exact) mass is 371 g/mol. The molecule has 0 aliphatic rings. The van der Waals surface area contributed by atoms with Crippen LogP contribution in [0.5, 0.6) is 0 Å². The lowest BCUT2D eigenvalue weighted by atomic mass is 10.1. The maximum absolute atomic E-state index is 13.8. The first-order valence-electron chi connectivity index (χ1n) is 8.41. The van der Waals surface area contributed by atoms with E-state index in [4.69, 9.17) is 11.6 Å². The van der Waals surface area contributed by atoms with Crippen molar-refractivity contribution in [3.8, 4) is 0 Å². The van der Waals surface area contributed by atoms with E-state index in [1.807, 2.05) is 18.2 Å². The lowest BCUT2D eigenvalue weighted by molar-refractivity contribution is -0.116. The molecule has 4 nitrogen and oxygen atoms in total. The minimum Gasteiger partial charge on any atom is -0.323 e. The van der Waals surface area contributed by atoms with Crippen molar-refractivity contribution in [2.45, 2.75) is 25.8 Å². The topological polar surface area (TPSA) is 46.9 Å². The molecule has 134 valence electrons. The van der Waals surface area contributed by atoms with Crippen LogP contribution in [0.25, 0.3) is 0 Å². The third kappa shape index (κ3) is 4.92. The van der Waals surface area contributed by atoms with Crippen LogP contribution in [-0.2, 0) is 17.8 Å². The number of anilines is 1. The van der Waals surface area contributed by atoms with Crippen LogP contribution >= 0.6 is 11.6 Å². The number of rotatable bonds is 7. The van der Waals surface area contributed by atoms with E-state index in [9.17, 15) is 9.18 Å². The molecule has 0 radical (unpaired) electrons. The van der Waals surface area contributed by atoms with Crippen LogP contribution in [0.15, 0.2) is 60.9 Å². The quantitative estimate of drug-likeness (QED) is 0.655. The van der Waals surface area contributed by atoms with E-state index in [0.29, 0.717) is 22.7 Å². The van der Waals surface area contributed by atoms with Gasteiger partial charge in [-0.3, -0.25) is 9.48 Å². The van der Waals surface area contributed by atoms with Gasteiger partial charge in [-0.25, -0.2) is 4.39 Å². The van der Waals surface area contributed by atoms with Gasteiger partial charge in [0.05, 0.1) is 18.4 Å². The molecular formula is C20H19ClFN3O. The van der Waals surface area contributed by atoms with Gasteiger partial charge in [0, 0.05) is 23.2 Å². The predicted molar refractivity (Wildman–Crippen MR) is 101 cm³/mol. The van der Waals surface area contributed by atoms with Crippen LogP contribution in [0.2, 0.25) is 5.02 Å². The van der Waals surface area contributed by atoms with Gasteiger partial charge in [0.25, 0.3) is 0 Å². The number of nitrogens with zero attached hydrogens (tertiary/aromatic N) is 2. The zero-order chi connectivity index (χ0) is 18.4. The number of amides is 1. The minimum absolute atomic E-state index is 0.0654. The van der Waals surface area contributed by atoms with Crippen LogP contribution in [0.4, 0.5) is 10.1 Å². The average molecular weight is 372 g/mol. The summed E-state index contributed by atoms with van der Waals surface area (Å²) in [7, 11) is 0. The smallest absolute Gasteiger partial charge is 0.224 e. The first kappa shape index (κ1) is 18.1. The zero-order valence-electron chi connectivity index (χ0n) is 14.2. The van der Waals surface area contributed by atoms with Crippen LogP contribution < -0.4 is 5.32 Å². The molecule has 0 unspecified atom stereocenters. The fourth-order valence-electron chi connectivity index (χ4n) is 2.68. The molecule has 0 fully saturated rings. The van der Waals surface area contributed by atoms with Crippen molar-refractivity contribution >= 4 is 23.2 Å². The van der Waals surface area contributed by atoms with E-state index in [2.05, 4.69) is 22.5 Å². The molecule has 0 spiro atoms. The highest BCUT2D eigenvalue weighted by Gasteiger charge is 2.10. The standard InChI is InChI=1S/C20H19ClFN3O/c21-18-9-5-10-19(22)17(18)14-25-13-16(12-23-25)24-20(26)11-4-8-15-6-2-1-3-7-15/h1-3,5-7,9-10,12-13H,4,8,11,14H2,(H,24,26). The summed E-state index contributed by atoms with van der Waals surface area (Å²) in [5, 5.41) is 7.32. The van der Waals surface area contributed by atoms with Gasteiger partial charge in [-0.2, -0.15) is 5.10 Å². The van der Waals surface area contributed by atoms with E-state index in [0.717, 1.165) is 12.8 Å². The number of aryl methyl sites for hydroxylation is 1. The predicted octanol–water partition coefficient (Wildman–Crippen LogP) is 4.69. The average Bonchev–Trinajstić information content (AvgIpc) is 3.06. The Morgan fingerprint density at radius 1 is 1.15 bits per heavy atom. The van der Waals surface area contributed by atoms with Crippen molar-refractivity contribution in [2.75, 3.05) is 5.32 Å². The minimum atomic E-state index is -0.375. The van der Waals surface area contributed by atoms with Crippen molar-refractivity contribution in [3.63, 3.8) is 0 Å². The first-order chi connectivity index (χ1) is 12.6. The third-order valence-electron chi connectivity index (χ3n) is 4.01. The van der Waals surface area contributed by atoms with E-state index < -0.39 is 0 Å². The molecule has 0 atom stereocenters. The molecule has 0 aliphatic carbocycles. The molecule has 0 bridgehead atoms. The molecule has 2 aromatic carbocycles. The largest absolute Gasteiger partial charge is 0.323 e. The van der Waals surface area contributed by atoms with E-state index in [1.54, 1.807) is 29.2 Å². The molecule has 0 aliphatic heterocycles. The summed E-state index contributed by atoms with van der Waals surface area (Å²) in [6.45, 7) is 0.204. The molecule has 1 amide bonds. The summed E-state index contributed by atoms with van der Waals surface area (Å²) < 4.78 is 15.4. The first-order valence-corrected chi connectivity index (χ1v) is 8.79. The summed E-state index contributed by atoms with van der Waals surface area (Å²) in [6, 6.07) is 14.6. The normalized spacial score (nSPS) is 10.7. The Hall–Kier alpha value is -2.66. The number of hydrogen-bond acceptors (Lipinski definition) is 2. The van der Waals surface area contributed by atoms with Crippen molar-refractivity contribution in [1.29, 1.82) is 0 Å². The second kappa shape index (κ2) is 8.63. The number of nitrogens with one attached hydrogen (secondary N) is 1. The van der Waals surface area contributed by atoms with Gasteiger partial charge < -0.3 is 5.32 Å². The second-order valence-corrected chi connectivity index (χ2v) is 6.42. The zero-order valence-corrected chi connectivity index (χ0v) is 14.9. The molecule has 1 aromatic heterocycles. The van der Waals surface area contributed by atoms with Gasteiger partial charge >= 0.3 is 0 Å². The Labute approximate surface area is 156 Å². The summed E-state index contributed by atoms with van der Waals surface area (Å²) in [4.78, 5) is 12.0.